The van der Waals surface area contributed by atoms with Gasteiger partial charge in [-0.3, -0.25) is 14.4 Å². The maximum absolute atomic E-state index is 12.1. The van der Waals surface area contributed by atoms with Crippen LogP contribution in [0.2, 0.25) is 0 Å². The third kappa shape index (κ3) is 4.20. The fourth-order valence-corrected chi connectivity index (χ4v) is 2.35. The zero-order valence-corrected chi connectivity index (χ0v) is 13.7. The van der Waals surface area contributed by atoms with Crippen molar-refractivity contribution in [1.29, 1.82) is 0 Å². The number of aryl methyl sites for hydroxylation is 1. The molecule has 0 saturated carbocycles. The summed E-state index contributed by atoms with van der Waals surface area (Å²) < 4.78 is 5.20. The second kappa shape index (κ2) is 7.12. The molecule has 1 aliphatic heterocycles. The lowest BCUT2D eigenvalue weighted by atomic mass is 10.1. The van der Waals surface area contributed by atoms with Gasteiger partial charge in [-0.25, -0.2) is 4.98 Å². The van der Waals surface area contributed by atoms with Crippen molar-refractivity contribution in [3.63, 3.8) is 0 Å². The molecule has 25 heavy (non-hydrogen) atoms. The Morgan fingerprint density at radius 1 is 1.16 bits per heavy atom. The molecule has 1 aromatic carbocycles. The van der Waals surface area contributed by atoms with E-state index < -0.39 is 0 Å². The Labute approximate surface area is 144 Å². The lowest BCUT2D eigenvalue weighted by Crippen LogP contribution is -2.26. The van der Waals surface area contributed by atoms with Crippen molar-refractivity contribution in [2.75, 3.05) is 17.2 Å². The number of nitrogens with one attached hydrogen (secondary N) is 2. The molecule has 0 radical (unpaired) electrons. The zero-order valence-electron chi connectivity index (χ0n) is 13.7. The molecule has 7 nitrogen and oxygen atoms in total. The summed E-state index contributed by atoms with van der Waals surface area (Å²) in [6.45, 7) is 1.89. The van der Waals surface area contributed by atoms with Crippen LogP contribution in [0.5, 0.6) is 5.75 Å². The number of ketones is 1. The summed E-state index contributed by atoms with van der Waals surface area (Å²) in [5, 5.41) is 5.18. The lowest BCUT2D eigenvalue weighted by molar-refractivity contribution is -0.118. The number of Topliss-reactive ketones (excluding diaryl/α,β-unsaturated/α-hetero) is 1. The van der Waals surface area contributed by atoms with Crippen molar-refractivity contribution in [2.24, 2.45) is 0 Å². The third-order valence-corrected chi connectivity index (χ3v) is 3.69. The molecular weight excluding hydrogens is 322 g/mol. The van der Waals surface area contributed by atoms with Gasteiger partial charge in [-0.1, -0.05) is 29.8 Å². The molecule has 2 amide bonds. The summed E-state index contributed by atoms with van der Waals surface area (Å²) in [5.41, 5.74) is 1.66. The topological polar surface area (TPSA) is 97.4 Å². The number of hydrogen-bond donors (Lipinski definition) is 2. The van der Waals surface area contributed by atoms with Crippen molar-refractivity contribution in [1.82, 2.24) is 4.98 Å². The highest BCUT2D eigenvalue weighted by Gasteiger charge is 2.18. The van der Waals surface area contributed by atoms with E-state index in [0.29, 0.717) is 11.3 Å². The van der Waals surface area contributed by atoms with Gasteiger partial charge < -0.3 is 15.4 Å². The summed E-state index contributed by atoms with van der Waals surface area (Å²) in [5.74, 6) is 0.298. The van der Waals surface area contributed by atoms with Gasteiger partial charge in [-0.2, -0.15) is 0 Å². The van der Waals surface area contributed by atoms with E-state index in [1.807, 2.05) is 19.1 Å². The van der Waals surface area contributed by atoms with E-state index in [4.69, 9.17) is 4.74 Å². The number of rotatable bonds is 5. The molecule has 2 aromatic rings. The lowest BCUT2D eigenvalue weighted by Gasteiger charge is -2.17. The largest absolute Gasteiger partial charge is 0.480 e. The Kier molecular flexibility index (Phi) is 4.74. The predicted octanol–water partition coefficient (Wildman–Crippen LogP) is 2.32. The summed E-state index contributed by atoms with van der Waals surface area (Å²) in [6, 6.07) is 10.4. The fraction of sp³-hybridized carbons (Fsp3) is 0.222. The molecule has 0 fully saturated rings. The van der Waals surface area contributed by atoms with Crippen LogP contribution in [0.25, 0.3) is 0 Å². The number of hydrogen-bond acceptors (Lipinski definition) is 5. The Bertz CT molecular complexity index is 831. The molecule has 0 atom stereocenters. The molecule has 2 N–H and O–H groups in total. The maximum Gasteiger partial charge on any atom is 0.263 e. The first-order valence-electron chi connectivity index (χ1n) is 7.85. The number of anilines is 2. The highest BCUT2D eigenvalue weighted by atomic mass is 16.5. The van der Waals surface area contributed by atoms with E-state index in [-0.39, 0.29) is 48.7 Å². The summed E-state index contributed by atoms with van der Waals surface area (Å²) in [6.07, 6.45) is 0.161. The standard InChI is InChI=1S/C18H17N3O4/c1-11-2-4-12(5-3-11)13(22)6-9-16(23)19-15-8-7-14-18(20-15)21-17(24)10-25-14/h2-5,7-8H,6,9-10H2,1H3,(H2,19,20,21,23,24). The molecule has 0 unspecified atom stereocenters. The van der Waals surface area contributed by atoms with E-state index in [1.54, 1.807) is 24.3 Å². The number of aromatic nitrogens is 1. The third-order valence-electron chi connectivity index (χ3n) is 3.69. The van der Waals surface area contributed by atoms with Crippen LogP contribution in [-0.2, 0) is 9.59 Å². The minimum Gasteiger partial charge on any atom is -0.480 e. The molecule has 128 valence electrons. The number of fused-ring (bicyclic) bond motifs is 1. The Morgan fingerprint density at radius 3 is 2.68 bits per heavy atom. The SMILES string of the molecule is Cc1ccc(C(=O)CCC(=O)Nc2ccc3c(n2)NC(=O)CO3)cc1. The summed E-state index contributed by atoms with van der Waals surface area (Å²) in [7, 11) is 0. The van der Waals surface area contributed by atoms with Gasteiger partial charge in [0.2, 0.25) is 5.91 Å². The number of amides is 2. The van der Waals surface area contributed by atoms with Crippen LogP contribution in [0.4, 0.5) is 11.6 Å². The zero-order chi connectivity index (χ0) is 17.8. The smallest absolute Gasteiger partial charge is 0.263 e. The minimum absolute atomic E-state index is 0.0499. The van der Waals surface area contributed by atoms with Gasteiger partial charge in [0.25, 0.3) is 5.91 Å². The van der Waals surface area contributed by atoms with Crippen LogP contribution in [0.3, 0.4) is 0 Å². The van der Waals surface area contributed by atoms with Crippen LogP contribution < -0.4 is 15.4 Å². The average molecular weight is 339 g/mol. The number of nitrogens with zero attached hydrogens (tertiary/aromatic N) is 1. The van der Waals surface area contributed by atoms with Gasteiger partial charge in [0.15, 0.2) is 24.0 Å². The van der Waals surface area contributed by atoms with Gasteiger partial charge in [0.05, 0.1) is 0 Å². The first-order valence-corrected chi connectivity index (χ1v) is 7.85. The second-order valence-electron chi connectivity index (χ2n) is 5.72. The monoisotopic (exact) mass is 339 g/mol. The van der Waals surface area contributed by atoms with Crippen molar-refractivity contribution in [3.05, 3.63) is 47.5 Å². The Morgan fingerprint density at radius 2 is 1.92 bits per heavy atom. The first kappa shape index (κ1) is 16.6. The molecule has 1 aliphatic rings. The van der Waals surface area contributed by atoms with Gasteiger partial charge >= 0.3 is 0 Å². The van der Waals surface area contributed by atoms with Gasteiger partial charge in [-0.05, 0) is 19.1 Å². The predicted molar refractivity (Wildman–Crippen MR) is 91.7 cm³/mol. The van der Waals surface area contributed by atoms with E-state index in [1.165, 1.54) is 0 Å². The molecule has 0 aliphatic carbocycles. The van der Waals surface area contributed by atoms with Crippen LogP contribution >= 0.6 is 0 Å². The molecule has 0 bridgehead atoms. The molecular formula is C18H17N3O4. The van der Waals surface area contributed by atoms with Crippen molar-refractivity contribution in [3.8, 4) is 5.75 Å². The van der Waals surface area contributed by atoms with Gasteiger partial charge in [0.1, 0.15) is 5.82 Å². The Hall–Kier alpha value is -3.22. The minimum atomic E-state index is -0.323. The maximum atomic E-state index is 12.1. The fourth-order valence-electron chi connectivity index (χ4n) is 2.35. The molecule has 0 spiro atoms. The quantitative estimate of drug-likeness (QED) is 0.815. The number of carbonyl (C=O) groups excluding carboxylic acids is 3. The van der Waals surface area contributed by atoms with Crippen LogP contribution in [0, 0.1) is 6.92 Å². The van der Waals surface area contributed by atoms with E-state index >= 15 is 0 Å². The van der Waals surface area contributed by atoms with Crippen LogP contribution in [-0.4, -0.2) is 29.2 Å². The molecule has 0 saturated heterocycles. The van der Waals surface area contributed by atoms with Crippen molar-refractivity contribution >= 4 is 29.2 Å². The first-order chi connectivity index (χ1) is 12.0. The second-order valence-corrected chi connectivity index (χ2v) is 5.72. The molecule has 1 aromatic heterocycles. The highest BCUT2D eigenvalue weighted by molar-refractivity contribution is 6.00. The number of benzene rings is 1. The van der Waals surface area contributed by atoms with Gasteiger partial charge in [0, 0.05) is 18.4 Å². The number of carbonyl (C=O) groups is 3. The van der Waals surface area contributed by atoms with E-state index in [2.05, 4.69) is 15.6 Å². The highest BCUT2D eigenvalue weighted by Crippen LogP contribution is 2.26. The van der Waals surface area contributed by atoms with E-state index in [9.17, 15) is 14.4 Å². The van der Waals surface area contributed by atoms with Crippen LogP contribution in [0.15, 0.2) is 36.4 Å². The van der Waals surface area contributed by atoms with E-state index in [0.717, 1.165) is 5.56 Å². The number of pyridine rings is 1. The summed E-state index contributed by atoms with van der Waals surface area (Å²) in [4.78, 5) is 39.5. The van der Waals surface area contributed by atoms with Crippen molar-refractivity contribution < 1.29 is 19.1 Å². The Balaban J connectivity index is 1.56. The summed E-state index contributed by atoms with van der Waals surface area (Å²) >= 11 is 0. The molecule has 3 rings (SSSR count). The normalized spacial score (nSPS) is 12.6. The van der Waals surface area contributed by atoms with Crippen molar-refractivity contribution in [2.45, 2.75) is 19.8 Å². The van der Waals surface area contributed by atoms with Crippen LogP contribution in [0.1, 0.15) is 28.8 Å². The van der Waals surface area contributed by atoms with Gasteiger partial charge in [-0.15, -0.1) is 0 Å². The number of ether oxygens (including phenoxy) is 1. The molecule has 7 heteroatoms. The average Bonchev–Trinajstić information content (AvgIpc) is 2.60. The molecule has 2 heterocycles.